The molecule has 0 aliphatic carbocycles. The van der Waals surface area contributed by atoms with Crippen LogP contribution in [0.3, 0.4) is 0 Å². The van der Waals surface area contributed by atoms with Gasteiger partial charge < -0.3 is 14.8 Å². The van der Waals surface area contributed by atoms with Crippen molar-refractivity contribution in [2.24, 2.45) is 0 Å². The molecule has 0 radical (unpaired) electrons. The summed E-state index contributed by atoms with van der Waals surface area (Å²) in [5, 5.41) is 6.98. The maximum Gasteiger partial charge on any atom is 0.351 e. The summed E-state index contributed by atoms with van der Waals surface area (Å²) < 4.78 is 13.2. The Morgan fingerprint density at radius 3 is 2.96 bits per heavy atom. The molecule has 0 spiro atoms. The SMILES string of the molecule is CCSCCNC(=O)Cn1nc(C)n(-c2ccc3c(c2)OCO3)c1=O. The second-order valence-electron chi connectivity index (χ2n) is 5.41. The number of fused-ring (bicyclic) bond motifs is 1. The van der Waals surface area contributed by atoms with Crippen LogP contribution in [0.5, 0.6) is 11.5 Å². The Balaban J connectivity index is 1.75. The van der Waals surface area contributed by atoms with Crippen LogP contribution in [-0.4, -0.2) is 45.1 Å². The molecule has 134 valence electrons. The van der Waals surface area contributed by atoms with E-state index in [1.807, 2.05) is 0 Å². The van der Waals surface area contributed by atoms with Crippen molar-refractivity contribution in [2.75, 3.05) is 24.8 Å². The smallest absolute Gasteiger partial charge is 0.351 e. The normalized spacial score (nSPS) is 12.4. The number of hydrogen-bond acceptors (Lipinski definition) is 6. The Morgan fingerprint density at radius 2 is 2.16 bits per heavy atom. The predicted molar refractivity (Wildman–Crippen MR) is 94.7 cm³/mol. The maximum absolute atomic E-state index is 12.6. The van der Waals surface area contributed by atoms with Crippen molar-refractivity contribution in [3.63, 3.8) is 0 Å². The third-order valence-corrected chi connectivity index (χ3v) is 4.58. The van der Waals surface area contributed by atoms with E-state index in [2.05, 4.69) is 17.3 Å². The van der Waals surface area contributed by atoms with Crippen LogP contribution < -0.4 is 20.5 Å². The van der Waals surface area contributed by atoms with Gasteiger partial charge in [-0.15, -0.1) is 0 Å². The molecule has 1 aromatic heterocycles. The number of hydrogen-bond donors (Lipinski definition) is 1. The standard InChI is InChI=1S/C16H20N4O4S/c1-3-25-7-6-17-15(21)9-19-16(22)20(11(2)18-19)12-4-5-13-14(8-12)24-10-23-13/h4-5,8H,3,6-7,9-10H2,1-2H3,(H,17,21). The van der Waals surface area contributed by atoms with Crippen molar-refractivity contribution in [3.05, 3.63) is 34.5 Å². The fourth-order valence-corrected chi connectivity index (χ4v) is 3.07. The summed E-state index contributed by atoms with van der Waals surface area (Å²) >= 11 is 1.75. The summed E-state index contributed by atoms with van der Waals surface area (Å²) in [6, 6.07) is 5.24. The van der Waals surface area contributed by atoms with Gasteiger partial charge in [0.15, 0.2) is 11.5 Å². The minimum absolute atomic E-state index is 0.103. The minimum atomic E-state index is -0.366. The highest BCUT2D eigenvalue weighted by atomic mass is 32.2. The summed E-state index contributed by atoms with van der Waals surface area (Å²) in [7, 11) is 0. The van der Waals surface area contributed by atoms with Gasteiger partial charge in [0.1, 0.15) is 12.4 Å². The summed E-state index contributed by atoms with van der Waals surface area (Å²) in [6.07, 6.45) is 0. The number of nitrogens with zero attached hydrogens (tertiary/aromatic N) is 3. The zero-order valence-electron chi connectivity index (χ0n) is 14.2. The molecule has 0 saturated heterocycles. The molecule has 1 aliphatic heterocycles. The van der Waals surface area contributed by atoms with Crippen LogP contribution in [0.15, 0.2) is 23.0 Å². The molecule has 0 atom stereocenters. The summed E-state index contributed by atoms with van der Waals surface area (Å²) in [5.41, 5.74) is 0.257. The minimum Gasteiger partial charge on any atom is -0.454 e. The molecule has 1 amide bonds. The third kappa shape index (κ3) is 3.81. The lowest BCUT2D eigenvalue weighted by Gasteiger charge is -2.05. The van der Waals surface area contributed by atoms with Crippen molar-refractivity contribution in [2.45, 2.75) is 20.4 Å². The van der Waals surface area contributed by atoms with E-state index in [1.165, 1.54) is 9.25 Å². The van der Waals surface area contributed by atoms with Crippen LogP contribution in [0.25, 0.3) is 5.69 Å². The molecular weight excluding hydrogens is 344 g/mol. The van der Waals surface area contributed by atoms with Crippen LogP contribution in [-0.2, 0) is 11.3 Å². The molecule has 2 aromatic rings. The molecule has 3 rings (SSSR count). The van der Waals surface area contributed by atoms with E-state index in [0.29, 0.717) is 29.6 Å². The molecule has 0 bridgehead atoms. The first-order chi connectivity index (χ1) is 12.1. The van der Waals surface area contributed by atoms with Gasteiger partial charge in [-0.2, -0.15) is 16.9 Å². The van der Waals surface area contributed by atoms with Crippen molar-refractivity contribution >= 4 is 17.7 Å². The highest BCUT2D eigenvalue weighted by Gasteiger charge is 2.18. The van der Waals surface area contributed by atoms with Crippen LogP contribution in [0.1, 0.15) is 12.7 Å². The Labute approximate surface area is 149 Å². The van der Waals surface area contributed by atoms with E-state index in [4.69, 9.17) is 9.47 Å². The maximum atomic E-state index is 12.6. The monoisotopic (exact) mass is 364 g/mol. The number of aromatic nitrogens is 3. The number of benzene rings is 1. The van der Waals surface area contributed by atoms with E-state index < -0.39 is 0 Å². The molecule has 1 aliphatic rings. The topological polar surface area (TPSA) is 87.4 Å². The van der Waals surface area contributed by atoms with Gasteiger partial charge in [0.25, 0.3) is 0 Å². The lowest BCUT2D eigenvalue weighted by Crippen LogP contribution is -2.34. The molecule has 0 unspecified atom stereocenters. The number of aryl methyl sites for hydroxylation is 1. The van der Waals surface area contributed by atoms with Gasteiger partial charge in [-0.3, -0.25) is 4.79 Å². The van der Waals surface area contributed by atoms with E-state index >= 15 is 0 Å². The molecule has 0 saturated carbocycles. The average Bonchev–Trinajstić information content (AvgIpc) is 3.16. The van der Waals surface area contributed by atoms with Gasteiger partial charge in [-0.1, -0.05) is 6.92 Å². The van der Waals surface area contributed by atoms with Crippen molar-refractivity contribution in [1.82, 2.24) is 19.7 Å². The highest BCUT2D eigenvalue weighted by Crippen LogP contribution is 2.33. The summed E-state index contributed by atoms with van der Waals surface area (Å²) in [6.45, 7) is 4.43. The molecule has 1 aromatic carbocycles. The quantitative estimate of drug-likeness (QED) is 0.736. The van der Waals surface area contributed by atoms with Crippen LogP contribution in [0, 0.1) is 6.92 Å². The van der Waals surface area contributed by atoms with E-state index in [9.17, 15) is 9.59 Å². The van der Waals surface area contributed by atoms with Gasteiger partial charge >= 0.3 is 5.69 Å². The second-order valence-corrected chi connectivity index (χ2v) is 6.80. The molecule has 1 N–H and O–H groups in total. The zero-order chi connectivity index (χ0) is 17.8. The molecular formula is C16H20N4O4S. The highest BCUT2D eigenvalue weighted by molar-refractivity contribution is 7.99. The lowest BCUT2D eigenvalue weighted by molar-refractivity contribution is -0.121. The average molecular weight is 364 g/mol. The number of amides is 1. The van der Waals surface area contributed by atoms with Crippen LogP contribution in [0.4, 0.5) is 0 Å². The third-order valence-electron chi connectivity index (χ3n) is 3.68. The van der Waals surface area contributed by atoms with Crippen molar-refractivity contribution < 1.29 is 14.3 Å². The second kappa shape index (κ2) is 7.64. The summed E-state index contributed by atoms with van der Waals surface area (Å²) in [5.74, 6) is 3.36. The van der Waals surface area contributed by atoms with E-state index in [0.717, 1.165) is 11.5 Å². The van der Waals surface area contributed by atoms with E-state index in [1.54, 1.807) is 36.9 Å². The molecule has 8 nitrogen and oxygen atoms in total. The van der Waals surface area contributed by atoms with Crippen molar-refractivity contribution in [1.29, 1.82) is 0 Å². The van der Waals surface area contributed by atoms with Gasteiger partial charge in [0.05, 0.1) is 5.69 Å². The van der Waals surface area contributed by atoms with Gasteiger partial charge in [0.2, 0.25) is 12.7 Å². The lowest BCUT2D eigenvalue weighted by atomic mass is 10.2. The molecule has 0 fully saturated rings. The first-order valence-electron chi connectivity index (χ1n) is 8.01. The number of rotatable bonds is 7. The number of thioether (sulfide) groups is 1. The molecule has 9 heteroatoms. The largest absolute Gasteiger partial charge is 0.454 e. The number of nitrogens with one attached hydrogen (secondary N) is 1. The first kappa shape index (κ1) is 17.4. The predicted octanol–water partition coefficient (Wildman–Crippen LogP) is 0.940. The molecule has 2 heterocycles. The zero-order valence-corrected chi connectivity index (χ0v) is 15.0. The number of carbonyl (C=O) groups excluding carboxylic acids is 1. The van der Waals surface area contributed by atoms with Gasteiger partial charge in [0, 0.05) is 18.4 Å². The number of carbonyl (C=O) groups is 1. The van der Waals surface area contributed by atoms with E-state index in [-0.39, 0.29) is 24.9 Å². The summed E-state index contributed by atoms with van der Waals surface area (Å²) in [4.78, 5) is 24.6. The fourth-order valence-electron chi connectivity index (χ4n) is 2.54. The van der Waals surface area contributed by atoms with Crippen LogP contribution >= 0.6 is 11.8 Å². The Kier molecular flexibility index (Phi) is 5.32. The Bertz CT molecular complexity index is 830. The fraction of sp³-hybridized carbons (Fsp3) is 0.438. The van der Waals surface area contributed by atoms with Gasteiger partial charge in [-0.25, -0.2) is 14.0 Å². The van der Waals surface area contributed by atoms with Gasteiger partial charge in [-0.05, 0) is 24.8 Å². The van der Waals surface area contributed by atoms with Crippen molar-refractivity contribution in [3.8, 4) is 17.2 Å². The Morgan fingerprint density at radius 1 is 1.36 bits per heavy atom. The number of ether oxygens (including phenoxy) is 2. The Hall–Kier alpha value is -2.42. The van der Waals surface area contributed by atoms with Crippen LogP contribution in [0.2, 0.25) is 0 Å². The first-order valence-corrected chi connectivity index (χ1v) is 9.16. The molecule has 25 heavy (non-hydrogen) atoms.